The molecule has 0 radical (unpaired) electrons. The van der Waals surface area contributed by atoms with Gasteiger partial charge in [-0.05, 0) is 49.3 Å². The number of hydrogen-bond acceptors (Lipinski definition) is 4. The summed E-state index contributed by atoms with van der Waals surface area (Å²) in [4.78, 5) is 12.6. The summed E-state index contributed by atoms with van der Waals surface area (Å²) < 4.78 is 33.4. The third kappa shape index (κ3) is 5.02. The lowest BCUT2D eigenvalue weighted by Crippen LogP contribution is -2.42. The monoisotopic (exact) mass is 396 g/mol. The first-order valence-electron chi connectivity index (χ1n) is 9.55. The molecule has 6 nitrogen and oxygen atoms in total. The van der Waals surface area contributed by atoms with Crippen LogP contribution in [0.2, 0.25) is 0 Å². The molecule has 0 aliphatic carbocycles. The number of amides is 1. The van der Waals surface area contributed by atoms with E-state index in [-0.39, 0.29) is 28.5 Å². The molecular weight excluding hydrogens is 364 g/mol. The van der Waals surface area contributed by atoms with Gasteiger partial charge in [-0.25, -0.2) is 8.42 Å². The minimum Gasteiger partial charge on any atom is -0.495 e. The van der Waals surface area contributed by atoms with Crippen LogP contribution in [0.25, 0.3) is 0 Å². The molecule has 3 unspecified atom stereocenters. The number of benzene rings is 1. The second-order valence-corrected chi connectivity index (χ2v) is 10.0. The molecule has 1 heterocycles. The summed E-state index contributed by atoms with van der Waals surface area (Å²) in [5.41, 5.74) is 0.319. The highest BCUT2D eigenvalue weighted by atomic mass is 32.2. The van der Waals surface area contributed by atoms with Gasteiger partial charge in [-0.15, -0.1) is 0 Å². The fourth-order valence-electron chi connectivity index (χ4n) is 3.42. The molecule has 27 heavy (non-hydrogen) atoms. The Bertz CT molecular complexity index is 766. The molecule has 2 rings (SSSR count). The van der Waals surface area contributed by atoms with Crippen LogP contribution >= 0.6 is 0 Å². The normalized spacial score (nSPS) is 22.5. The molecule has 0 saturated carbocycles. The maximum atomic E-state index is 13.3. The molecule has 1 aromatic carbocycles. The van der Waals surface area contributed by atoms with Crippen LogP contribution in [-0.2, 0) is 10.0 Å². The second-order valence-electron chi connectivity index (χ2n) is 8.14. The van der Waals surface area contributed by atoms with E-state index < -0.39 is 10.0 Å². The number of ether oxygens (including phenoxy) is 1. The van der Waals surface area contributed by atoms with Crippen LogP contribution in [0.1, 0.15) is 51.4 Å². The van der Waals surface area contributed by atoms with E-state index in [9.17, 15) is 13.2 Å². The van der Waals surface area contributed by atoms with Gasteiger partial charge in [0.25, 0.3) is 5.91 Å². The average Bonchev–Trinajstić information content (AvgIpc) is 2.60. The molecule has 7 heteroatoms. The molecule has 1 aliphatic heterocycles. The first-order chi connectivity index (χ1) is 12.6. The van der Waals surface area contributed by atoms with Crippen molar-refractivity contribution in [1.29, 1.82) is 0 Å². The zero-order chi connectivity index (χ0) is 20.4. The van der Waals surface area contributed by atoms with Crippen molar-refractivity contribution >= 4 is 15.9 Å². The van der Waals surface area contributed by atoms with Crippen molar-refractivity contribution in [1.82, 2.24) is 9.62 Å². The molecule has 0 aromatic heterocycles. The zero-order valence-corrected chi connectivity index (χ0v) is 18.0. The maximum Gasteiger partial charge on any atom is 0.251 e. The van der Waals surface area contributed by atoms with Gasteiger partial charge in [-0.3, -0.25) is 4.79 Å². The number of piperidine rings is 1. The van der Waals surface area contributed by atoms with E-state index in [0.29, 0.717) is 30.5 Å². The van der Waals surface area contributed by atoms with E-state index in [0.717, 1.165) is 6.42 Å². The van der Waals surface area contributed by atoms with Crippen LogP contribution in [0.5, 0.6) is 5.75 Å². The maximum absolute atomic E-state index is 13.3. The third-order valence-corrected chi connectivity index (χ3v) is 7.09. The van der Waals surface area contributed by atoms with E-state index in [2.05, 4.69) is 19.2 Å². The molecule has 1 fully saturated rings. The summed E-state index contributed by atoms with van der Waals surface area (Å²) in [5.74, 6) is 0.859. The van der Waals surface area contributed by atoms with E-state index in [1.807, 2.05) is 20.8 Å². The fraction of sp³-hybridized carbons (Fsp3) is 0.650. The number of rotatable bonds is 6. The third-order valence-electron chi connectivity index (χ3n) is 5.24. The summed E-state index contributed by atoms with van der Waals surface area (Å²) in [6, 6.07) is 4.57. The number of hydrogen-bond donors (Lipinski definition) is 1. The first kappa shape index (κ1) is 21.7. The molecule has 1 saturated heterocycles. The highest BCUT2D eigenvalue weighted by molar-refractivity contribution is 7.89. The highest BCUT2D eigenvalue weighted by Crippen LogP contribution is 2.32. The van der Waals surface area contributed by atoms with Crippen molar-refractivity contribution < 1.29 is 17.9 Å². The van der Waals surface area contributed by atoms with Crippen LogP contribution in [0.3, 0.4) is 0 Å². The number of nitrogens with zero attached hydrogens (tertiary/aromatic N) is 1. The molecule has 152 valence electrons. The van der Waals surface area contributed by atoms with Crippen molar-refractivity contribution in [2.45, 2.75) is 52.0 Å². The Hall–Kier alpha value is -1.60. The Morgan fingerprint density at radius 3 is 2.30 bits per heavy atom. The molecule has 1 amide bonds. The van der Waals surface area contributed by atoms with E-state index in [1.54, 1.807) is 12.1 Å². The van der Waals surface area contributed by atoms with Gasteiger partial charge in [0.05, 0.1) is 7.11 Å². The van der Waals surface area contributed by atoms with Crippen molar-refractivity contribution in [3.63, 3.8) is 0 Å². The van der Waals surface area contributed by atoms with E-state index in [1.165, 1.54) is 17.5 Å². The average molecular weight is 397 g/mol. The van der Waals surface area contributed by atoms with Crippen LogP contribution in [-0.4, -0.2) is 44.9 Å². The van der Waals surface area contributed by atoms with Crippen molar-refractivity contribution in [2.75, 3.05) is 20.2 Å². The smallest absolute Gasteiger partial charge is 0.251 e. The summed E-state index contributed by atoms with van der Waals surface area (Å²) >= 11 is 0. The highest BCUT2D eigenvalue weighted by Gasteiger charge is 2.34. The number of carbonyl (C=O) groups is 1. The Balaban J connectivity index is 2.38. The standard InChI is InChI=1S/C20H32N2O4S/c1-13(2)16(5)21-20(23)17-7-8-18(26-6)19(10-17)27(24,25)22-11-14(3)9-15(4)12-22/h7-8,10,13-16H,9,11-12H2,1-6H3,(H,21,23). The molecule has 1 N–H and O–H groups in total. The van der Waals surface area contributed by atoms with Crippen molar-refractivity contribution in [3.8, 4) is 5.75 Å². The van der Waals surface area contributed by atoms with Gasteiger partial charge in [0, 0.05) is 24.7 Å². The summed E-state index contributed by atoms with van der Waals surface area (Å²) in [5, 5.41) is 2.92. The van der Waals surface area contributed by atoms with Crippen LogP contribution in [0, 0.1) is 17.8 Å². The molecule has 1 aliphatic rings. The predicted molar refractivity (Wildman–Crippen MR) is 106 cm³/mol. The van der Waals surface area contributed by atoms with Gasteiger partial charge in [0.1, 0.15) is 10.6 Å². The number of nitrogens with one attached hydrogen (secondary N) is 1. The van der Waals surface area contributed by atoms with Crippen LogP contribution in [0.15, 0.2) is 23.1 Å². The minimum absolute atomic E-state index is 0.0107. The molecule has 1 aromatic rings. The zero-order valence-electron chi connectivity index (χ0n) is 17.2. The van der Waals surface area contributed by atoms with E-state index in [4.69, 9.17) is 4.74 Å². The second kappa shape index (κ2) is 8.61. The van der Waals surface area contributed by atoms with Crippen LogP contribution in [0.4, 0.5) is 0 Å². The topological polar surface area (TPSA) is 75.7 Å². The van der Waals surface area contributed by atoms with Crippen LogP contribution < -0.4 is 10.1 Å². The summed E-state index contributed by atoms with van der Waals surface area (Å²) in [6.45, 7) is 11.1. The molecule has 0 spiro atoms. The summed E-state index contributed by atoms with van der Waals surface area (Å²) in [7, 11) is -2.30. The first-order valence-corrected chi connectivity index (χ1v) is 11.0. The van der Waals surface area contributed by atoms with Crippen molar-refractivity contribution in [2.24, 2.45) is 17.8 Å². The Labute approximate surface area is 163 Å². The van der Waals surface area contributed by atoms with Gasteiger partial charge in [-0.2, -0.15) is 4.31 Å². The molecule has 3 atom stereocenters. The van der Waals surface area contributed by atoms with Gasteiger partial charge < -0.3 is 10.1 Å². The van der Waals surface area contributed by atoms with Gasteiger partial charge >= 0.3 is 0 Å². The number of sulfonamides is 1. The predicted octanol–water partition coefficient (Wildman–Crippen LogP) is 3.14. The quantitative estimate of drug-likeness (QED) is 0.801. The van der Waals surface area contributed by atoms with Gasteiger partial charge in [0.15, 0.2) is 0 Å². The Kier molecular flexibility index (Phi) is 6.92. The largest absolute Gasteiger partial charge is 0.495 e. The number of carbonyl (C=O) groups excluding carboxylic acids is 1. The Morgan fingerprint density at radius 1 is 1.19 bits per heavy atom. The summed E-state index contributed by atoms with van der Waals surface area (Å²) in [6.07, 6.45) is 1.01. The lowest BCUT2D eigenvalue weighted by molar-refractivity contribution is 0.0930. The molecular formula is C20H32N2O4S. The minimum atomic E-state index is -3.74. The lowest BCUT2D eigenvalue weighted by Gasteiger charge is -2.34. The molecule has 0 bridgehead atoms. The SMILES string of the molecule is COc1ccc(C(=O)NC(C)C(C)C)cc1S(=O)(=O)N1CC(C)CC(C)C1. The fourth-order valence-corrected chi connectivity index (χ4v) is 5.28. The lowest BCUT2D eigenvalue weighted by atomic mass is 9.94. The van der Waals surface area contributed by atoms with Gasteiger partial charge in [-0.1, -0.05) is 27.7 Å². The number of methoxy groups -OCH3 is 1. The Morgan fingerprint density at radius 2 is 1.78 bits per heavy atom. The van der Waals surface area contributed by atoms with Crippen molar-refractivity contribution in [3.05, 3.63) is 23.8 Å². The van der Waals surface area contributed by atoms with E-state index >= 15 is 0 Å². The van der Waals surface area contributed by atoms with Gasteiger partial charge in [0.2, 0.25) is 10.0 Å².